The van der Waals surface area contributed by atoms with E-state index < -0.39 is 23.9 Å². The number of methoxy groups -OCH3 is 1. The Kier molecular flexibility index (Phi) is 6.63. The first-order valence-electron chi connectivity index (χ1n) is 6.63. The fourth-order valence-electron chi connectivity index (χ4n) is 1.91. The molecule has 0 heterocycles. The molecule has 3 N–H and O–H groups in total. The van der Waals surface area contributed by atoms with E-state index in [0.29, 0.717) is 6.61 Å². The first kappa shape index (κ1) is 18.2. The van der Waals surface area contributed by atoms with Crippen LogP contribution in [0, 0.1) is 0 Å². The van der Waals surface area contributed by atoms with Crippen molar-refractivity contribution in [3.63, 3.8) is 0 Å². The third kappa shape index (κ3) is 5.53. The summed E-state index contributed by atoms with van der Waals surface area (Å²) in [6.07, 6.45) is -6.02. The molecule has 0 aliphatic carbocycles. The number of rotatable bonds is 6. The Hall–Kier alpha value is -1.80. The van der Waals surface area contributed by atoms with Crippen LogP contribution in [-0.4, -0.2) is 37.4 Å². The number of carbonyl (C=O) groups excluding carboxylic acids is 1. The van der Waals surface area contributed by atoms with Gasteiger partial charge in [-0.25, -0.2) is 4.79 Å². The number of urea groups is 1. The van der Waals surface area contributed by atoms with Crippen molar-refractivity contribution in [1.29, 1.82) is 0 Å². The Labute approximate surface area is 126 Å². The average molecular weight is 320 g/mol. The van der Waals surface area contributed by atoms with Crippen molar-refractivity contribution < 1.29 is 27.8 Å². The van der Waals surface area contributed by atoms with E-state index in [2.05, 4.69) is 10.6 Å². The smallest absolute Gasteiger partial charge is 0.387 e. The lowest BCUT2D eigenvalue weighted by atomic mass is 10.0. The molecule has 1 aromatic rings. The third-order valence-electron chi connectivity index (χ3n) is 2.88. The van der Waals surface area contributed by atoms with Gasteiger partial charge in [-0.05, 0) is 18.6 Å². The van der Waals surface area contributed by atoms with Crippen LogP contribution >= 0.6 is 0 Å². The second kappa shape index (κ2) is 8.00. The lowest BCUT2D eigenvalue weighted by Gasteiger charge is -2.19. The lowest BCUT2D eigenvalue weighted by molar-refractivity contribution is -0.139. The molecule has 0 bridgehead atoms. The summed E-state index contributed by atoms with van der Waals surface area (Å²) >= 11 is 0. The number of ether oxygens (including phenoxy) is 1. The van der Waals surface area contributed by atoms with Gasteiger partial charge in [-0.15, -0.1) is 0 Å². The molecule has 5 nitrogen and oxygen atoms in total. The van der Waals surface area contributed by atoms with Gasteiger partial charge in [0.05, 0.1) is 24.3 Å². The van der Waals surface area contributed by atoms with Crippen molar-refractivity contribution in [2.75, 3.05) is 20.3 Å². The van der Waals surface area contributed by atoms with Gasteiger partial charge in [-0.1, -0.05) is 18.2 Å². The molecule has 0 saturated carbocycles. The van der Waals surface area contributed by atoms with Crippen LogP contribution in [0.5, 0.6) is 0 Å². The van der Waals surface area contributed by atoms with Crippen LogP contribution in [-0.2, 0) is 10.9 Å². The minimum Gasteiger partial charge on any atom is -0.387 e. The number of aliphatic hydroxyl groups excluding tert-OH is 1. The van der Waals surface area contributed by atoms with Gasteiger partial charge >= 0.3 is 12.2 Å². The van der Waals surface area contributed by atoms with Gasteiger partial charge in [-0.3, -0.25) is 0 Å². The Morgan fingerprint density at radius 1 is 1.36 bits per heavy atom. The van der Waals surface area contributed by atoms with Crippen LogP contribution in [0.3, 0.4) is 0 Å². The van der Waals surface area contributed by atoms with Crippen molar-refractivity contribution in [3.05, 3.63) is 35.4 Å². The predicted octanol–water partition coefficient (Wildman–Crippen LogP) is 2.07. The van der Waals surface area contributed by atoms with Crippen molar-refractivity contribution in [3.8, 4) is 0 Å². The van der Waals surface area contributed by atoms with Crippen molar-refractivity contribution in [2.45, 2.75) is 25.2 Å². The second-order valence-electron chi connectivity index (χ2n) is 4.81. The molecule has 0 aliphatic heterocycles. The molecule has 0 radical (unpaired) electrons. The third-order valence-corrected chi connectivity index (χ3v) is 2.88. The summed E-state index contributed by atoms with van der Waals surface area (Å²) in [6, 6.07) is 3.86. The zero-order chi connectivity index (χ0) is 16.8. The number of alkyl halides is 3. The average Bonchev–Trinajstić information content (AvgIpc) is 2.44. The Bertz CT molecular complexity index is 494. The minimum absolute atomic E-state index is 0.260. The molecule has 1 aromatic carbocycles. The van der Waals surface area contributed by atoms with Crippen molar-refractivity contribution in [1.82, 2.24) is 10.6 Å². The van der Waals surface area contributed by atoms with Crippen molar-refractivity contribution in [2.24, 2.45) is 0 Å². The highest BCUT2D eigenvalue weighted by atomic mass is 19.4. The molecule has 2 unspecified atom stereocenters. The highest BCUT2D eigenvalue weighted by Gasteiger charge is 2.34. The van der Waals surface area contributed by atoms with E-state index in [1.807, 2.05) is 0 Å². The maximum absolute atomic E-state index is 12.8. The van der Waals surface area contributed by atoms with Gasteiger partial charge in [0, 0.05) is 13.7 Å². The summed E-state index contributed by atoms with van der Waals surface area (Å²) in [4.78, 5) is 11.5. The molecule has 0 spiro atoms. The van der Waals surface area contributed by atoms with Crippen LogP contribution in [0.4, 0.5) is 18.0 Å². The standard InChI is InChI=1S/C14H19F3N2O3/c1-9(8-22-2)19-13(21)18-7-12(20)10-5-3-4-6-11(10)14(15,16)17/h3-6,9,12,20H,7-8H2,1-2H3,(H2,18,19,21). The molecule has 2 amide bonds. The van der Waals surface area contributed by atoms with Crippen LogP contribution < -0.4 is 10.6 Å². The minimum atomic E-state index is -4.56. The number of nitrogens with one attached hydrogen (secondary N) is 2. The number of benzene rings is 1. The number of carbonyl (C=O) groups is 1. The largest absolute Gasteiger partial charge is 0.416 e. The van der Waals surface area contributed by atoms with Gasteiger partial charge in [0.2, 0.25) is 0 Å². The summed E-state index contributed by atoms with van der Waals surface area (Å²) in [5.74, 6) is 0. The van der Waals surface area contributed by atoms with E-state index in [-0.39, 0.29) is 18.2 Å². The number of amides is 2. The SMILES string of the molecule is COCC(C)NC(=O)NCC(O)c1ccccc1C(F)(F)F. The summed E-state index contributed by atoms with van der Waals surface area (Å²) in [5, 5.41) is 14.7. The number of hydrogen-bond donors (Lipinski definition) is 3. The van der Waals surface area contributed by atoms with E-state index in [1.165, 1.54) is 25.3 Å². The summed E-state index contributed by atoms with van der Waals surface area (Å²) < 4.78 is 43.4. The van der Waals surface area contributed by atoms with Gasteiger partial charge in [-0.2, -0.15) is 13.2 Å². The fourth-order valence-corrected chi connectivity index (χ4v) is 1.91. The molecule has 0 aliphatic rings. The first-order chi connectivity index (χ1) is 10.3. The molecule has 2 atom stereocenters. The van der Waals surface area contributed by atoms with E-state index in [4.69, 9.17) is 4.74 Å². The maximum atomic E-state index is 12.8. The topological polar surface area (TPSA) is 70.6 Å². The van der Waals surface area contributed by atoms with Crippen LogP contribution in [0.25, 0.3) is 0 Å². The Morgan fingerprint density at radius 2 is 2.00 bits per heavy atom. The highest BCUT2D eigenvalue weighted by Crippen LogP contribution is 2.34. The first-order valence-corrected chi connectivity index (χ1v) is 6.63. The molecule has 1 rings (SSSR count). The normalized spacial score (nSPS) is 14.3. The van der Waals surface area contributed by atoms with Crippen LogP contribution in [0.15, 0.2) is 24.3 Å². The van der Waals surface area contributed by atoms with Crippen LogP contribution in [0.1, 0.15) is 24.2 Å². The number of aliphatic hydroxyl groups is 1. The van der Waals surface area contributed by atoms with Crippen molar-refractivity contribution >= 4 is 6.03 Å². The lowest BCUT2D eigenvalue weighted by Crippen LogP contribution is -2.43. The predicted molar refractivity (Wildman–Crippen MR) is 74.3 cm³/mol. The summed E-state index contributed by atoms with van der Waals surface area (Å²) in [7, 11) is 1.48. The summed E-state index contributed by atoms with van der Waals surface area (Å²) in [6.45, 7) is 1.67. The van der Waals surface area contributed by atoms with Crippen LogP contribution in [0.2, 0.25) is 0 Å². The second-order valence-corrected chi connectivity index (χ2v) is 4.81. The van der Waals surface area contributed by atoms with Gasteiger partial charge in [0.25, 0.3) is 0 Å². The Morgan fingerprint density at radius 3 is 2.59 bits per heavy atom. The highest BCUT2D eigenvalue weighted by molar-refractivity contribution is 5.74. The maximum Gasteiger partial charge on any atom is 0.416 e. The molecular formula is C14H19F3N2O3. The molecule has 22 heavy (non-hydrogen) atoms. The van der Waals surface area contributed by atoms with E-state index in [9.17, 15) is 23.1 Å². The van der Waals surface area contributed by atoms with Gasteiger partial charge < -0.3 is 20.5 Å². The summed E-state index contributed by atoms with van der Waals surface area (Å²) in [5.41, 5.74) is -1.20. The molecule has 124 valence electrons. The molecular weight excluding hydrogens is 301 g/mol. The molecule has 0 fully saturated rings. The van der Waals surface area contributed by atoms with E-state index >= 15 is 0 Å². The zero-order valence-electron chi connectivity index (χ0n) is 12.3. The van der Waals surface area contributed by atoms with E-state index in [0.717, 1.165) is 6.07 Å². The fraction of sp³-hybridized carbons (Fsp3) is 0.500. The van der Waals surface area contributed by atoms with E-state index in [1.54, 1.807) is 6.92 Å². The Balaban J connectivity index is 2.63. The molecule has 0 saturated heterocycles. The number of halogens is 3. The van der Waals surface area contributed by atoms with Gasteiger partial charge in [0.1, 0.15) is 0 Å². The zero-order valence-corrected chi connectivity index (χ0v) is 12.3. The van der Waals surface area contributed by atoms with Gasteiger partial charge in [0.15, 0.2) is 0 Å². The number of hydrogen-bond acceptors (Lipinski definition) is 3. The molecule has 0 aromatic heterocycles. The quantitative estimate of drug-likeness (QED) is 0.751. The molecule has 8 heteroatoms. The monoisotopic (exact) mass is 320 g/mol.